The lowest BCUT2D eigenvalue weighted by atomic mass is 10.1. The Bertz CT molecular complexity index is 1020. The van der Waals surface area contributed by atoms with Crippen LogP contribution in [0.3, 0.4) is 0 Å². The van der Waals surface area contributed by atoms with E-state index in [1.54, 1.807) is 37.3 Å². The molecule has 25 heavy (non-hydrogen) atoms. The number of aromatic nitrogens is 3. The Balaban J connectivity index is 2.02. The number of phenolic OH excluding ortho intramolecular Hbond substituents is 1. The lowest BCUT2D eigenvalue weighted by molar-refractivity contribution is -0.142. The smallest absolute Gasteiger partial charge is 0.330 e. The minimum absolute atomic E-state index is 0.0215. The number of phenols is 1. The summed E-state index contributed by atoms with van der Waals surface area (Å²) < 4.78 is 5.18. The number of fused-ring (bicyclic) bond motifs is 1. The molecular weight excluding hydrogens is 320 g/mol. The van der Waals surface area contributed by atoms with E-state index >= 15 is 0 Å². The van der Waals surface area contributed by atoms with Gasteiger partial charge in [0.25, 0.3) is 0 Å². The van der Waals surface area contributed by atoms with E-state index in [-0.39, 0.29) is 5.75 Å². The molecule has 0 aliphatic heterocycles. The van der Waals surface area contributed by atoms with Gasteiger partial charge in [-0.15, -0.1) is 15.0 Å². The number of hydrogen-bond donors (Lipinski definition) is 1. The van der Waals surface area contributed by atoms with Gasteiger partial charge in [0.1, 0.15) is 28.6 Å². The van der Waals surface area contributed by atoms with Crippen molar-refractivity contribution in [3.63, 3.8) is 0 Å². The van der Waals surface area contributed by atoms with Gasteiger partial charge in [0.15, 0.2) is 0 Å². The predicted octanol–water partition coefficient (Wildman–Crippen LogP) is 2.79. The van der Waals surface area contributed by atoms with Gasteiger partial charge in [-0.25, -0.2) is 4.79 Å². The van der Waals surface area contributed by atoms with Crippen molar-refractivity contribution < 1.29 is 14.6 Å². The zero-order valence-corrected chi connectivity index (χ0v) is 13.4. The van der Waals surface area contributed by atoms with Gasteiger partial charge in [-0.3, -0.25) is 0 Å². The third kappa shape index (κ3) is 3.19. The minimum atomic E-state index is -0.533. The number of ether oxygens (including phenoxy) is 1. The van der Waals surface area contributed by atoms with E-state index < -0.39 is 12.1 Å². The first kappa shape index (κ1) is 16.2. The van der Waals surface area contributed by atoms with Crippen molar-refractivity contribution in [1.82, 2.24) is 15.0 Å². The van der Waals surface area contributed by atoms with Crippen LogP contribution in [-0.2, 0) is 9.53 Å². The van der Waals surface area contributed by atoms with Crippen molar-refractivity contribution in [1.29, 1.82) is 5.26 Å². The average molecular weight is 334 g/mol. The molecule has 1 heterocycles. The third-order valence-corrected chi connectivity index (χ3v) is 3.65. The quantitative estimate of drug-likeness (QED) is 0.581. The van der Waals surface area contributed by atoms with Gasteiger partial charge in [-0.2, -0.15) is 5.26 Å². The van der Waals surface area contributed by atoms with Gasteiger partial charge in [0, 0.05) is 6.08 Å². The van der Waals surface area contributed by atoms with Crippen molar-refractivity contribution in [2.75, 3.05) is 0 Å². The lowest BCUT2D eigenvalue weighted by Crippen LogP contribution is -2.07. The number of carbonyl (C=O) groups excluding carboxylic acids is 1. The van der Waals surface area contributed by atoms with Crippen LogP contribution in [0.1, 0.15) is 24.2 Å². The van der Waals surface area contributed by atoms with Crippen molar-refractivity contribution in [3.05, 3.63) is 60.2 Å². The van der Waals surface area contributed by atoms with Gasteiger partial charge < -0.3 is 9.84 Å². The largest absolute Gasteiger partial charge is 0.506 e. The van der Waals surface area contributed by atoms with Gasteiger partial charge in [0.05, 0.1) is 11.6 Å². The molecule has 1 aromatic heterocycles. The number of benzene rings is 2. The Morgan fingerprint density at radius 1 is 1.32 bits per heavy atom. The number of esters is 1. The monoisotopic (exact) mass is 334 g/mol. The van der Waals surface area contributed by atoms with Crippen LogP contribution in [0.2, 0.25) is 0 Å². The summed E-state index contributed by atoms with van der Waals surface area (Å²) in [7, 11) is 0. The molecule has 0 aliphatic rings. The number of hydrogen-bond acceptors (Lipinski definition) is 6. The van der Waals surface area contributed by atoms with Crippen LogP contribution in [0.15, 0.2) is 49.1 Å². The van der Waals surface area contributed by atoms with Gasteiger partial charge in [-0.1, -0.05) is 12.6 Å². The Morgan fingerprint density at radius 3 is 2.80 bits per heavy atom. The maximum absolute atomic E-state index is 11.3. The minimum Gasteiger partial charge on any atom is -0.506 e. The number of aromatic hydroxyl groups is 1. The predicted molar refractivity (Wildman–Crippen MR) is 89.9 cm³/mol. The molecule has 0 amide bonds. The summed E-state index contributed by atoms with van der Waals surface area (Å²) in [6.07, 6.45) is 0.562. The summed E-state index contributed by atoms with van der Waals surface area (Å²) in [5.74, 6) is -0.555. The van der Waals surface area contributed by atoms with E-state index in [9.17, 15) is 9.90 Å². The zero-order valence-electron chi connectivity index (χ0n) is 13.4. The van der Waals surface area contributed by atoms with E-state index in [1.807, 2.05) is 6.07 Å². The molecular formula is C18H14N4O3. The molecule has 0 bridgehead atoms. The molecule has 2 aromatic carbocycles. The van der Waals surface area contributed by atoms with Gasteiger partial charge in [0.2, 0.25) is 0 Å². The summed E-state index contributed by atoms with van der Waals surface area (Å²) in [5, 5.41) is 27.7. The molecule has 0 spiro atoms. The number of nitriles is 1. The van der Waals surface area contributed by atoms with Crippen molar-refractivity contribution in [2.24, 2.45) is 0 Å². The van der Waals surface area contributed by atoms with E-state index in [0.717, 1.165) is 6.08 Å². The Morgan fingerprint density at radius 2 is 2.08 bits per heavy atom. The second-order valence-corrected chi connectivity index (χ2v) is 5.34. The summed E-state index contributed by atoms with van der Waals surface area (Å²) in [5.41, 5.74) is 2.61. The SMILES string of the molecule is C=CC(=O)OC(C)c1ccc(O)c(-n2nc3ccc(C#N)cc3n2)c1. The third-order valence-electron chi connectivity index (χ3n) is 3.65. The van der Waals surface area contributed by atoms with Crippen LogP contribution in [0.4, 0.5) is 0 Å². The maximum Gasteiger partial charge on any atom is 0.330 e. The van der Waals surface area contributed by atoms with E-state index in [1.165, 1.54) is 10.9 Å². The number of carbonyl (C=O) groups is 1. The maximum atomic E-state index is 11.3. The number of nitrogens with zero attached hydrogens (tertiary/aromatic N) is 4. The summed E-state index contributed by atoms with van der Waals surface area (Å²) in [4.78, 5) is 12.6. The summed E-state index contributed by atoms with van der Waals surface area (Å²) in [6.45, 7) is 5.08. The van der Waals surface area contributed by atoms with Crippen LogP contribution < -0.4 is 0 Å². The van der Waals surface area contributed by atoms with Crippen molar-refractivity contribution in [3.8, 4) is 17.5 Å². The van der Waals surface area contributed by atoms with Crippen LogP contribution in [0.25, 0.3) is 16.7 Å². The molecule has 0 saturated heterocycles. The van der Waals surface area contributed by atoms with E-state index in [2.05, 4.69) is 16.8 Å². The fraction of sp³-hybridized carbons (Fsp3) is 0.111. The highest BCUT2D eigenvalue weighted by Gasteiger charge is 2.15. The van der Waals surface area contributed by atoms with Gasteiger partial charge >= 0.3 is 5.97 Å². The van der Waals surface area contributed by atoms with Crippen LogP contribution in [0.5, 0.6) is 5.75 Å². The topological polar surface area (TPSA) is 101 Å². The second kappa shape index (κ2) is 6.45. The molecule has 1 atom stereocenters. The first-order valence-electron chi connectivity index (χ1n) is 7.45. The highest BCUT2D eigenvalue weighted by atomic mass is 16.5. The van der Waals surface area contributed by atoms with E-state index in [0.29, 0.717) is 27.8 Å². The molecule has 0 radical (unpaired) electrons. The molecule has 7 nitrogen and oxygen atoms in total. The van der Waals surface area contributed by atoms with Crippen LogP contribution >= 0.6 is 0 Å². The molecule has 0 fully saturated rings. The molecule has 1 unspecified atom stereocenters. The molecule has 1 N–H and O–H groups in total. The standard InChI is InChI=1S/C18H14N4O3/c1-3-18(24)25-11(2)13-5-7-17(23)16(9-13)22-20-14-6-4-12(10-19)8-15(14)21-22/h3-9,11,23H,1H2,2H3. The molecule has 124 valence electrons. The van der Waals surface area contributed by atoms with Crippen LogP contribution in [0, 0.1) is 11.3 Å². The molecule has 0 saturated carbocycles. The van der Waals surface area contributed by atoms with Crippen molar-refractivity contribution >= 4 is 17.0 Å². The molecule has 3 aromatic rings. The highest BCUT2D eigenvalue weighted by Crippen LogP contribution is 2.27. The van der Waals surface area contributed by atoms with Crippen molar-refractivity contribution in [2.45, 2.75) is 13.0 Å². The number of rotatable bonds is 4. The molecule has 3 rings (SSSR count). The average Bonchev–Trinajstić information content (AvgIpc) is 3.04. The normalized spacial score (nSPS) is 11.7. The highest BCUT2D eigenvalue weighted by molar-refractivity contribution is 5.81. The van der Waals surface area contributed by atoms with E-state index in [4.69, 9.17) is 10.00 Å². The second-order valence-electron chi connectivity index (χ2n) is 5.34. The molecule has 7 heteroatoms. The van der Waals surface area contributed by atoms with Crippen LogP contribution in [-0.4, -0.2) is 26.1 Å². The first-order valence-corrected chi connectivity index (χ1v) is 7.45. The Kier molecular flexibility index (Phi) is 4.18. The summed E-state index contributed by atoms with van der Waals surface area (Å²) >= 11 is 0. The lowest BCUT2D eigenvalue weighted by Gasteiger charge is -2.13. The fourth-order valence-corrected chi connectivity index (χ4v) is 2.34. The molecule has 0 aliphatic carbocycles. The Labute approximate surface area is 143 Å². The Hall–Kier alpha value is -3.66. The first-order chi connectivity index (χ1) is 12.0. The summed E-state index contributed by atoms with van der Waals surface area (Å²) in [6, 6.07) is 11.8. The zero-order chi connectivity index (χ0) is 18.0. The fourth-order valence-electron chi connectivity index (χ4n) is 2.34. The van der Waals surface area contributed by atoms with Gasteiger partial charge in [-0.05, 0) is 42.8 Å².